The van der Waals surface area contributed by atoms with Crippen LogP contribution in [0.5, 0.6) is 5.75 Å². The first kappa shape index (κ1) is 16.7. The van der Waals surface area contributed by atoms with Gasteiger partial charge in [-0.2, -0.15) is 11.8 Å². The van der Waals surface area contributed by atoms with E-state index in [-0.39, 0.29) is 18.6 Å². The fourth-order valence-corrected chi connectivity index (χ4v) is 3.66. The second-order valence-corrected chi connectivity index (χ2v) is 6.71. The van der Waals surface area contributed by atoms with E-state index in [2.05, 4.69) is 5.32 Å². The SMILES string of the molecule is Cc1cc(C(=O)NC2CCSCC2)cc(C)c1OCC(=O)O. The summed E-state index contributed by atoms with van der Waals surface area (Å²) in [6, 6.07) is 3.74. The second kappa shape index (κ2) is 7.54. The molecule has 1 amide bonds. The average Bonchev–Trinajstić information content (AvgIpc) is 2.47. The highest BCUT2D eigenvalue weighted by molar-refractivity contribution is 7.99. The van der Waals surface area contributed by atoms with Gasteiger partial charge in [0.15, 0.2) is 6.61 Å². The molecule has 1 aromatic rings. The van der Waals surface area contributed by atoms with Gasteiger partial charge in [0, 0.05) is 11.6 Å². The first-order chi connectivity index (χ1) is 10.5. The van der Waals surface area contributed by atoms with Crippen LogP contribution in [0.4, 0.5) is 0 Å². The van der Waals surface area contributed by atoms with Gasteiger partial charge in [0.05, 0.1) is 0 Å². The number of ether oxygens (including phenoxy) is 1. The predicted octanol–water partition coefficient (Wildman–Crippen LogP) is 2.39. The molecular weight excluding hydrogens is 302 g/mol. The number of aryl methyl sites for hydroxylation is 2. The van der Waals surface area contributed by atoms with Crippen molar-refractivity contribution in [2.75, 3.05) is 18.1 Å². The Labute approximate surface area is 134 Å². The van der Waals surface area contributed by atoms with Crippen molar-refractivity contribution in [1.29, 1.82) is 0 Å². The third-order valence-electron chi connectivity index (χ3n) is 3.62. The van der Waals surface area contributed by atoms with E-state index in [1.54, 1.807) is 12.1 Å². The fourth-order valence-electron chi connectivity index (χ4n) is 2.55. The van der Waals surface area contributed by atoms with Crippen LogP contribution in [-0.4, -0.2) is 41.1 Å². The van der Waals surface area contributed by atoms with E-state index in [4.69, 9.17) is 9.84 Å². The molecule has 0 radical (unpaired) electrons. The van der Waals surface area contributed by atoms with E-state index in [1.807, 2.05) is 25.6 Å². The largest absolute Gasteiger partial charge is 0.481 e. The Bertz CT molecular complexity index is 544. The molecule has 5 nitrogen and oxygen atoms in total. The summed E-state index contributed by atoms with van der Waals surface area (Å²) < 4.78 is 5.28. The maximum absolute atomic E-state index is 12.3. The number of nitrogens with one attached hydrogen (secondary N) is 1. The lowest BCUT2D eigenvalue weighted by Crippen LogP contribution is -2.37. The van der Waals surface area contributed by atoms with Gasteiger partial charge in [-0.05, 0) is 61.5 Å². The van der Waals surface area contributed by atoms with Gasteiger partial charge in [0.1, 0.15) is 5.75 Å². The Balaban J connectivity index is 2.07. The van der Waals surface area contributed by atoms with Crippen LogP contribution in [0.15, 0.2) is 12.1 Å². The molecule has 22 heavy (non-hydrogen) atoms. The van der Waals surface area contributed by atoms with Gasteiger partial charge < -0.3 is 15.2 Å². The summed E-state index contributed by atoms with van der Waals surface area (Å²) in [5, 5.41) is 11.8. The first-order valence-corrected chi connectivity index (χ1v) is 8.47. The molecule has 0 saturated carbocycles. The predicted molar refractivity (Wildman–Crippen MR) is 86.9 cm³/mol. The Morgan fingerprint density at radius 1 is 1.27 bits per heavy atom. The number of carbonyl (C=O) groups excluding carboxylic acids is 1. The highest BCUT2D eigenvalue weighted by Gasteiger charge is 2.18. The molecule has 1 aromatic carbocycles. The number of carboxylic acid groups (broad SMARTS) is 1. The molecule has 0 bridgehead atoms. The zero-order chi connectivity index (χ0) is 16.1. The van der Waals surface area contributed by atoms with E-state index >= 15 is 0 Å². The topological polar surface area (TPSA) is 75.6 Å². The van der Waals surface area contributed by atoms with Crippen molar-refractivity contribution < 1.29 is 19.4 Å². The number of aliphatic carboxylic acids is 1. The summed E-state index contributed by atoms with van der Waals surface area (Å²) in [5.74, 6) is 1.62. The molecule has 0 aromatic heterocycles. The molecular formula is C16H21NO4S. The van der Waals surface area contributed by atoms with E-state index < -0.39 is 5.97 Å². The van der Waals surface area contributed by atoms with E-state index in [1.165, 1.54) is 0 Å². The summed E-state index contributed by atoms with van der Waals surface area (Å²) >= 11 is 1.92. The Hall–Kier alpha value is -1.69. The van der Waals surface area contributed by atoms with E-state index in [0.717, 1.165) is 35.5 Å². The van der Waals surface area contributed by atoms with Crippen LogP contribution >= 0.6 is 11.8 Å². The van der Waals surface area contributed by atoms with Crippen LogP contribution in [0.3, 0.4) is 0 Å². The van der Waals surface area contributed by atoms with Crippen LogP contribution in [0.2, 0.25) is 0 Å². The summed E-state index contributed by atoms with van der Waals surface area (Å²) in [4.78, 5) is 22.9. The third kappa shape index (κ3) is 4.40. The van der Waals surface area contributed by atoms with Crippen LogP contribution < -0.4 is 10.1 Å². The summed E-state index contributed by atoms with van der Waals surface area (Å²) in [7, 11) is 0. The van der Waals surface area contributed by atoms with Gasteiger partial charge >= 0.3 is 5.97 Å². The van der Waals surface area contributed by atoms with Gasteiger partial charge in [0.2, 0.25) is 0 Å². The molecule has 2 N–H and O–H groups in total. The monoisotopic (exact) mass is 323 g/mol. The van der Waals surface area contributed by atoms with Crippen molar-refractivity contribution >= 4 is 23.6 Å². The third-order valence-corrected chi connectivity index (χ3v) is 4.67. The molecule has 0 spiro atoms. The molecule has 1 heterocycles. The highest BCUT2D eigenvalue weighted by atomic mass is 32.2. The molecule has 120 valence electrons. The molecule has 1 aliphatic rings. The zero-order valence-electron chi connectivity index (χ0n) is 12.8. The Morgan fingerprint density at radius 3 is 2.41 bits per heavy atom. The van der Waals surface area contributed by atoms with Crippen LogP contribution in [-0.2, 0) is 4.79 Å². The van der Waals surface area contributed by atoms with Crippen molar-refractivity contribution in [3.63, 3.8) is 0 Å². The molecule has 2 rings (SSSR count). The number of benzene rings is 1. The zero-order valence-corrected chi connectivity index (χ0v) is 13.7. The lowest BCUT2D eigenvalue weighted by atomic mass is 10.0. The maximum atomic E-state index is 12.3. The smallest absolute Gasteiger partial charge is 0.341 e. The average molecular weight is 323 g/mol. The van der Waals surface area contributed by atoms with Crippen LogP contribution in [0.1, 0.15) is 34.3 Å². The number of carboxylic acids is 1. The quantitative estimate of drug-likeness (QED) is 0.870. The summed E-state index contributed by atoms with van der Waals surface area (Å²) in [6.45, 7) is 3.25. The molecule has 1 fully saturated rings. The van der Waals surface area contributed by atoms with Gasteiger partial charge in [-0.1, -0.05) is 0 Å². The number of thioether (sulfide) groups is 1. The molecule has 1 saturated heterocycles. The molecule has 0 atom stereocenters. The lowest BCUT2D eigenvalue weighted by Gasteiger charge is -2.23. The van der Waals surface area contributed by atoms with Crippen molar-refractivity contribution in [3.8, 4) is 5.75 Å². The number of hydrogen-bond donors (Lipinski definition) is 2. The van der Waals surface area contributed by atoms with Crippen molar-refractivity contribution in [3.05, 3.63) is 28.8 Å². The van der Waals surface area contributed by atoms with Crippen molar-refractivity contribution in [1.82, 2.24) is 5.32 Å². The number of carbonyl (C=O) groups is 2. The van der Waals surface area contributed by atoms with E-state index in [0.29, 0.717) is 11.3 Å². The minimum absolute atomic E-state index is 0.0760. The summed E-state index contributed by atoms with van der Waals surface area (Å²) in [6.07, 6.45) is 2.02. The minimum Gasteiger partial charge on any atom is -0.481 e. The first-order valence-electron chi connectivity index (χ1n) is 7.32. The van der Waals surface area contributed by atoms with Gasteiger partial charge in [0.25, 0.3) is 5.91 Å². The Kier molecular flexibility index (Phi) is 5.71. The number of rotatable bonds is 5. The molecule has 0 unspecified atom stereocenters. The van der Waals surface area contributed by atoms with E-state index in [9.17, 15) is 9.59 Å². The van der Waals surface area contributed by atoms with Crippen molar-refractivity contribution in [2.45, 2.75) is 32.7 Å². The number of hydrogen-bond acceptors (Lipinski definition) is 4. The number of amides is 1. The normalized spacial score (nSPS) is 15.4. The Morgan fingerprint density at radius 2 is 1.86 bits per heavy atom. The standard InChI is InChI=1S/C16H21NO4S/c1-10-7-12(8-11(2)15(10)21-9-14(18)19)16(20)17-13-3-5-22-6-4-13/h7-8,13H,3-6,9H2,1-2H3,(H,17,20)(H,18,19). The second-order valence-electron chi connectivity index (χ2n) is 5.48. The molecule has 1 aliphatic heterocycles. The van der Waals surface area contributed by atoms with Gasteiger partial charge in [-0.15, -0.1) is 0 Å². The van der Waals surface area contributed by atoms with Crippen LogP contribution in [0, 0.1) is 13.8 Å². The maximum Gasteiger partial charge on any atom is 0.341 e. The fraction of sp³-hybridized carbons (Fsp3) is 0.500. The highest BCUT2D eigenvalue weighted by Crippen LogP contribution is 2.25. The molecule has 6 heteroatoms. The van der Waals surface area contributed by atoms with Crippen molar-refractivity contribution in [2.24, 2.45) is 0 Å². The summed E-state index contributed by atoms with van der Waals surface area (Å²) in [5.41, 5.74) is 2.13. The molecule has 0 aliphatic carbocycles. The van der Waals surface area contributed by atoms with Crippen LogP contribution in [0.25, 0.3) is 0 Å². The lowest BCUT2D eigenvalue weighted by molar-refractivity contribution is -0.139. The van der Waals surface area contributed by atoms with Gasteiger partial charge in [-0.3, -0.25) is 4.79 Å². The van der Waals surface area contributed by atoms with Gasteiger partial charge in [-0.25, -0.2) is 4.79 Å². The minimum atomic E-state index is -1.02.